The number of nitro benzene ring substituents is 1. The first-order chi connectivity index (χ1) is 7.71. The normalized spacial score (nSPS) is 11.0. The molecule has 0 N–H and O–H groups in total. The highest BCUT2D eigenvalue weighted by Crippen LogP contribution is 2.35. The Morgan fingerprint density at radius 3 is 2.29 bits per heavy atom. The first kappa shape index (κ1) is 13.1. The largest absolute Gasteiger partial charge is 0.416 e. The molecule has 6 nitrogen and oxygen atoms in total. The molecule has 0 aliphatic heterocycles. The Labute approximate surface area is 93.5 Å². The van der Waals surface area contributed by atoms with Gasteiger partial charge in [0.25, 0.3) is 5.69 Å². The van der Waals surface area contributed by atoms with Crippen molar-refractivity contribution in [1.82, 2.24) is 0 Å². The monoisotopic (exact) mass is 268 g/mol. The van der Waals surface area contributed by atoms with E-state index in [2.05, 4.69) is 4.36 Å². The van der Waals surface area contributed by atoms with Crippen LogP contribution in [0.1, 0.15) is 5.56 Å². The van der Waals surface area contributed by atoms with Crippen LogP contribution in [-0.2, 0) is 16.7 Å². The molecule has 0 unspecified atom stereocenters. The zero-order valence-electron chi connectivity index (χ0n) is 7.80. The van der Waals surface area contributed by atoms with Crippen molar-refractivity contribution in [2.45, 2.75) is 6.18 Å². The molecule has 0 spiro atoms. The fourth-order valence-corrected chi connectivity index (χ4v) is 1.32. The van der Waals surface area contributed by atoms with Crippen LogP contribution in [-0.4, -0.2) is 13.3 Å². The Morgan fingerprint density at radius 2 is 1.88 bits per heavy atom. The van der Waals surface area contributed by atoms with Gasteiger partial charge in [0, 0.05) is 6.07 Å². The zero-order chi connectivity index (χ0) is 13.2. The number of halogens is 3. The Morgan fingerprint density at radius 1 is 1.29 bits per heavy atom. The lowest BCUT2D eigenvalue weighted by Crippen LogP contribution is -2.05. The number of rotatable bonds is 2. The van der Waals surface area contributed by atoms with E-state index in [-0.39, 0.29) is 6.07 Å². The number of hydrogen-bond acceptors (Lipinski definition) is 5. The molecule has 0 fully saturated rings. The predicted octanol–water partition coefficient (Wildman–Crippen LogP) is 2.31. The van der Waals surface area contributed by atoms with Crippen LogP contribution in [0.5, 0.6) is 0 Å². The third-order valence-corrected chi connectivity index (χ3v) is 2.02. The van der Waals surface area contributed by atoms with Crippen LogP contribution in [0.3, 0.4) is 0 Å². The second-order valence-electron chi connectivity index (χ2n) is 2.77. The van der Waals surface area contributed by atoms with Crippen molar-refractivity contribution >= 4 is 21.9 Å². The minimum Gasteiger partial charge on any atom is -0.258 e. The quantitative estimate of drug-likeness (QED) is 0.608. The van der Waals surface area contributed by atoms with Gasteiger partial charge in [-0.2, -0.15) is 21.6 Å². The van der Waals surface area contributed by atoms with E-state index in [1.807, 2.05) is 0 Å². The topological polar surface area (TPSA) is 89.6 Å². The molecule has 1 rings (SSSR count). The van der Waals surface area contributed by atoms with Crippen molar-refractivity contribution in [3.8, 4) is 0 Å². The first-order valence-electron chi connectivity index (χ1n) is 3.88. The van der Waals surface area contributed by atoms with Gasteiger partial charge in [0.2, 0.25) is 0 Å². The van der Waals surface area contributed by atoms with Crippen LogP contribution in [0.4, 0.5) is 24.5 Å². The molecule has 0 radical (unpaired) electrons. The minimum atomic E-state index is -4.75. The molecule has 0 amide bonds. The molecule has 0 aliphatic rings. The molecule has 10 heteroatoms. The van der Waals surface area contributed by atoms with Crippen LogP contribution in [0.2, 0.25) is 0 Å². The lowest BCUT2D eigenvalue weighted by atomic mass is 10.1. The average Bonchev–Trinajstić information content (AvgIpc) is 2.15. The average molecular weight is 268 g/mol. The summed E-state index contributed by atoms with van der Waals surface area (Å²) in [6, 6.07) is 1.36. The predicted molar refractivity (Wildman–Crippen MR) is 49.1 cm³/mol. The van der Waals surface area contributed by atoms with Crippen LogP contribution in [0.25, 0.3) is 0 Å². The lowest BCUT2D eigenvalue weighted by Gasteiger charge is -2.06. The highest BCUT2D eigenvalue weighted by Gasteiger charge is 2.33. The smallest absolute Gasteiger partial charge is 0.258 e. The third kappa shape index (κ3) is 3.24. The van der Waals surface area contributed by atoms with Gasteiger partial charge in [0.05, 0.1) is 10.5 Å². The molecule has 0 aromatic heterocycles. The molecule has 0 aliphatic carbocycles. The molecule has 92 valence electrons. The fourth-order valence-electron chi connectivity index (χ4n) is 1.00. The van der Waals surface area contributed by atoms with Gasteiger partial charge < -0.3 is 0 Å². The van der Waals surface area contributed by atoms with E-state index in [0.29, 0.717) is 12.1 Å². The minimum absolute atomic E-state index is 0.228. The standard InChI is InChI=1S/C7H3F3N2O4S/c8-7(9,10)4-1-2-5(11-17(15)16)6(3-4)12(13)14/h1-3H. The van der Waals surface area contributed by atoms with Crippen molar-refractivity contribution in [2.75, 3.05) is 0 Å². The highest BCUT2D eigenvalue weighted by molar-refractivity contribution is 7.61. The van der Waals surface area contributed by atoms with Gasteiger partial charge in [-0.1, -0.05) is 0 Å². The summed E-state index contributed by atoms with van der Waals surface area (Å²) in [5.41, 5.74) is -2.93. The molecule has 1 aromatic carbocycles. The molecule has 0 atom stereocenters. The van der Waals surface area contributed by atoms with Crippen LogP contribution in [0, 0.1) is 10.1 Å². The Kier molecular flexibility index (Phi) is 3.46. The van der Waals surface area contributed by atoms with Gasteiger partial charge >= 0.3 is 16.7 Å². The summed E-state index contributed by atoms with van der Waals surface area (Å²) in [6.45, 7) is 0. The summed E-state index contributed by atoms with van der Waals surface area (Å²) in [5, 5.41) is 10.5. The van der Waals surface area contributed by atoms with Crippen molar-refractivity contribution in [3.63, 3.8) is 0 Å². The maximum Gasteiger partial charge on any atom is 0.416 e. The Hall–Kier alpha value is -1.97. The summed E-state index contributed by atoms with van der Waals surface area (Å²) < 4.78 is 60.0. The number of alkyl halides is 3. The second-order valence-corrected chi connectivity index (χ2v) is 3.38. The molecular weight excluding hydrogens is 265 g/mol. The van der Waals surface area contributed by atoms with Gasteiger partial charge in [-0.3, -0.25) is 10.1 Å². The van der Waals surface area contributed by atoms with Crippen molar-refractivity contribution in [3.05, 3.63) is 33.9 Å². The van der Waals surface area contributed by atoms with Crippen molar-refractivity contribution in [1.29, 1.82) is 0 Å². The highest BCUT2D eigenvalue weighted by atomic mass is 32.2. The van der Waals surface area contributed by atoms with Crippen LogP contribution in [0.15, 0.2) is 22.6 Å². The third-order valence-electron chi connectivity index (χ3n) is 1.67. The first-order valence-corrected chi connectivity index (χ1v) is 4.92. The van der Waals surface area contributed by atoms with E-state index in [1.165, 1.54) is 0 Å². The SMILES string of the molecule is O=[N+]([O-])c1cc(C(F)(F)F)ccc1N=S(=O)=O. The summed E-state index contributed by atoms with van der Waals surface area (Å²) in [6.07, 6.45) is -4.75. The summed E-state index contributed by atoms with van der Waals surface area (Å²) >= 11 is 0. The van der Waals surface area contributed by atoms with Gasteiger partial charge in [0.1, 0.15) is 0 Å². The summed E-state index contributed by atoms with van der Waals surface area (Å²) in [5.74, 6) is 0. The van der Waals surface area contributed by atoms with Crippen LogP contribution >= 0.6 is 0 Å². The Balaban J connectivity index is 3.48. The maximum absolute atomic E-state index is 12.3. The van der Waals surface area contributed by atoms with Crippen molar-refractivity contribution in [2.24, 2.45) is 4.36 Å². The van der Waals surface area contributed by atoms with E-state index in [4.69, 9.17) is 0 Å². The molecule has 0 saturated carbocycles. The van der Waals surface area contributed by atoms with E-state index in [0.717, 1.165) is 0 Å². The van der Waals surface area contributed by atoms with E-state index >= 15 is 0 Å². The van der Waals surface area contributed by atoms with E-state index in [1.54, 1.807) is 0 Å². The molecule has 0 saturated heterocycles. The molecule has 0 bridgehead atoms. The number of benzene rings is 1. The van der Waals surface area contributed by atoms with Gasteiger partial charge in [-0.25, -0.2) is 0 Å². The van der Waals surface area contributed by atoms with E-state index in [9.17, 15) is 31.7 Å². The number of nitrogens with zero attached hydrogens (tertiary/aromatic N) is 2. The molecule has 1 aromatic rings. The Bertz CT molecular complexity index is 586. The fraction of sp³-hybridized carbons (Fsp3) is 0.143. The second kappa shape index (κ2) is 4.49. The number of nitro groups is 1. The summed E-state index contributed by atoms with van der Waals surface area (Å²) in [4.78, 5) is 9.32. The molecule has 17 heavy (non-hydrogen) atoms. The molecule has 0 heterocycles. The van der Waals surface area contributed by atoms with Crippen LogP contribution < -0.4 is 0 Å². The van der Waals surface area contributed by atoms with E-state index < -0.39 is 38.5 Å². The van der Waals surface area contributed by atoms with Gasteiger partial charge in [-0.15, -0.1) is 4.36 Å². The molecular formula is C7H3F3N2O4S. The van der Waals surface area contributed by atoms with Crippen molar-refractivity contribution < 1.29 is 26.5 Å². The zero-order valence-corrected chi connectivity index (χ0v) is 8.62. The maximum atomic E-state index is 12.3. The van der Waals surface area contributed by atoms with Gasteiger partial charge in [0.15, 0.2) is 5.69 Å². The number of hydrogen-bond donors (Lipinski definition) is 0. The lowest BCUT2D eigenvalue weighted by molar-refractivity contribution is -0.384. The van der Waals surface area contributed by atoms with Gasteiger partial charge in [-0.05, 0) is 12.1 Å². The summed E-state index contributed by atoms with van der Waals surface area (Å²) in [7, 11) is -2.98.